The Morgan fingerprint density at radius 2 is 2.20 bits per heavy atom. The first kappa shape index (κ1) is 13.5. The van der Waals surface area contributed by atoms with Gasteiger partial charge in [0.1, 0.15) is 6.10 Å². The molecule has 0 spiro atoms. The molecule has 0 bridgehead atoms. The molecule has 0 saturated carbocycles. The third kappa shape index (κ3) is 2.68. The Bertz CT molecular complexity index is 562. The highest BCUT2D eigenvalue weighted by molar-refractivity contribution is 5.82. The van der Waals surface area contributed by atoms with Crippen molar-refractivity contribution >= 4 is 10.9 Å². The predicted molar refractivity (Wildman–Crippen MR) is 78.7 cm³/mol. The summed E-state index contributed by atoms with van der Waals surface area (Å²) in [6.07, 6.45) is 1.88. The van der Waals surface area contributed by atoms with Gasteiger partial charge in [0.25, 0.3) is 0 Å². The number of ether oxygens (including phenoxy) is 2. The lowest BCUT2D eigenvalue weighted by molar-refractivity contribution is -0.102. The van der Waals surface area contributed by atoms with Gasteiger partial charge in [-0.3, -0.25) is 4.98 Å². The number of nitrogens with one attached hydrogen (secondary N) is 1. The van der Waals surface area contributed by atoms with E-state index in [1.54, 1.807) is 0 Å². The molecule has 0 aliphatic carbocycles. The molecule has 0 amide bonds. The quantitative estimate of drug-likeness (QED) is 0.927. The van der Waals surface area contributed by atoms with Crippen LogP contribution >= 0.6 is 0 Å². The van der Waals surface area contributed by atoms with Crippen molar-refractivity contribution in [3.63, 3.8) is 0 Å². The Hall–Kier alpha value is -1.49. The van der Waals surface area contributed by atoms with E-state index in [1.807, 2.05) is 12.3 Å². The third-order valence-corrected chi connectivity index (χ3v) is 3.64. The van der Waals surface area contributed by atoms with E-state index in [1.165, 1.54) is 5.56 Å². The molecule has 4 heteroatoms. The van der Waals surface area contributed by atoms with E-state index in [-0.39, 0.29) is 12.1 Å². The molecule has 3 rings (SSSR count). The lowest BCUT2D eigenvalue weighted by Crippen LogP contribution is -2.40. The molecule has 1 N–H and O–H groups in total. The van der Waals surface area contributed by atoms with Crippen molar-refractivity contribution in [1.82, 2.24) is 10.3 Å². The van der Waals surface area contributed by atoms with E-state index in [4.69, 9.17) is 9.47 Å². The fourth-order valence-corrected chi connectivity index (χ4v) is 2.74. The van der Waals surface area contributed by atoms with E-state index in [0.29, 0.717) is 19.8 Å². The first-order valence-corrected chi connectivity index (χ1v) is 7.16. The minimum Gasteiger partial charge on any atom is -0.376 e. The summed E-state index contributed by atoms with van der Waals surface area (Å²) in [5.41, 5.74) is 2.22. The maximum atomic E-state index is 5.88. The van der Waals surface area contributed by atoms with Gasteiger partial charge in [-0.15, -0.1) is 0 Å². The molecule has 2 atom stereocenters. The maximum Gasteiger partial charge on any atom is 0.100 e. The number of hydrogen-bond donors (Lipinski definition) is 1. The van der Waals surface area contributed by atoms with Crippen molar-refractivity contribution in [2.24, 2.45) is 0 Å². The van der Waals surface area contributed by atoms with Gasteiger partial charge in [-0.25, -0.2) is 0 Å². The van der Waals surface area contributed by atoms with Crippen LogP contribution in [0.3, 0.4) is 0 Å². The van der Waals surface area contributed by atoms with Gasteiger partial charge >= 0.3 is 0 Å². The highest BCUT2D eigenvalue weighted by Crippen LogP contribution is 2.27. The molecule has 1 aliphatic rings. The van der Waals surface area contributed by atoms with E-state index in [9.17, 15) is 0 Å². The van der Waals surface area contributed by atoms with Crippen LogP contribution in [-0.4, -0.2) is 37.5 Å². The highest BCUT2D eigenvalue weighted by atomic mass is 16.6. The number of hydrogen-bond acceptors (Lipinski definition) is 4. The molecule has 0 radical (unpaired) electrons. The van der Waals surface area contributed by atoms with Gasteiger partial charge in [0.2, 0.25) is 0 Å². The SMILES string of the molecule is CCNC(c1cccc2cccnc12)C1COCCO1. The minimum atomic E-state index is 0.0382. The lowest BCUT2D eigenvalue weighted by atomic mass is 9.98. The summed E-state index contributed by atoms with van der Waals surface area (Å²) >= 11 is 0. The largest absolute Gasteiger partial charge is 0.376 e. The second kappa shape index (κ2) is 6.31. The molecule has 1 saturated heterocycles. The van der Waals surface area contributed by atoms with Gasteiger partial charge in [0.05, 0.1) is 31.4 Å². The molecule has 2 heterocycles. The average molecular weight is 272 g/mol. The summed E-state index contributed by atoms with van der Waals surface area (Å²) in [5, 5.41) is 4.67. The molecule has 4 nitrogen and oxygen atoms in total. The van der Waals surface area contributed by atoms with Crippen LogP contribution in [0.5, 0.6) is 0 Å². The number of fused-ring (bicyclic) bond motifs is 1. The molecule has 1 aliphatic heterocycles. The summed E-state index contributed by atoms with van der Waals surface area (Å²) in [6.45, 7) is 4.96. The fourth-order valence-electron chi connectivity index (χ4n) is 2.74. The van der Waals surface area contributed by atoms with Gasteiger partial charge in [-0.1, -0.05) is 31.2 Å². The van der Waals surface area contributed by atoms with Crippen LogP contribution in [-0.2, 0) is 9.47 Å². The zero-order valence-electron chi connectivity index (χ0n) is 11.7. The Kier molecular flexibility index (Phi) is 4.25. The summed E-state index contributed by atoms with van der Waals surface area (Å²) in [7, 11) is 0. The fraction of sp³-hybridized carbons (Fsp3) is 0.438. The zero-order chi connectivity index (χ0) is 13.8. The predicted octanol–water partition coefficient (Wildman–Crippen LogP) is 2.30. The van der Waals surface area contributed by atoms with Crippen LogP contribution in [0.2, 0.25) is 0 Å². The van der Waals surface area contributed by atoms with E-state index in [2.05, 4.69) is 41.5 Å². The van der Waals surface area contributed by atoms with Gasteiger partial charge in [0.15, 0.2) is 0 Å². The molecule has 1 aromatic heterocycles. The van der Waals surface area contributed by atoms with Crippen molar-refractivity contribution in [1.29, 1.82) is 0 Å². The Morgan fingerprint density at radius 3 is 3.00 bits per heavy atom. The lowest BCUT2D eigenvalue weighted by Gasteiger charge is -2.31. The van der Waals surface area contributed by atoms with Crippen molar-refractivity contribution in [2.75, 3.05) is 26.4 Å². The van der Waals surface area contributed by atoms with Crippen molar-refractivity contribution in [2.45, 2.75) is 19.1 Å². The van der Waals surface area contributed by atoms with Gasteiger partial charge in [0, 0.05) is 11.6 Å². The molecule has 2 aromatic rings. The maximum absolute atomic E-state index is 5.88. The molecule has 1 fully saturated rings. The Balaban J connectivity index is 2.00. The van der Waals surface area contributed by atoms with Crippen molar-refractivity contribution < 1.29 is 9.47 Å². The average Bonchev–Trinajstić information content (AvgIpc) is 2.53. The first-order valence-electron chi connectivity index (χ1n) is 7.16. The van der Waals surface area contributed by atoms with Gasteiger partial charge in [-0.2, -0.15) is 0 Å². The van der Waals surface area contributed by atoms with Gasteiger partial charge in [-0.05, 0) is 18.2 Å². The monoisotopic (exact) mass is 272 g/mol. The van der Waals surface area contributed by atoms with E-state index in [0.717, 1.165) is 17.4 Å². The number of rotatable bonds is 4. The van der Waals surface area contributed by atoms with Crippen LogP contribution in [0, 0.1) is 0 Å². The molecular weight excluding hydrogens is 252 g/mol. The normalized spacial score (nSPS) is 20.9. The second-order valence-electron chi connectivity index (χ2n) is 4.94. The van der Waals surface area contributed by atoms with Crippen molar-refractivity contribution in [3.05, 3.63) is 42.1 Å². The van der Waals surface area contributed by atoms with Crippen LogP contribution in [0.15, 0.2) is 36.5 Å². The minimum absolute atomic E-state index is 0.0382. The summed E-state index contributed by atoms with van der Waals surface area (Å²) in [5.74, 6) is 0. The Labute approximate surface area is 119 Å². The topological polar surface area (TPSA) is 43.4 Å². The van der Waals surface area contributed by atoms with Crippen LogP contribution < -0.4 is 5.32 Å². The van der Waals surface area contributed by atoms with Crippen LogP contribution in [0.1, 0.15) is 18.5 Å². The van der Waals surface area contributed by atoms with Gasteiger partial charge < -0.3 is 14.8 Å². The van der Waals surface area contributed by atoms with E-state index >= 15 is 0 Å². The molecule has 20 heavy (non-hydrogen) atoms. The summed E-state index contributed by atoms with van der Waals surface area (Å²) in [4.78, 5) is 4.54. The van der Waals surface area contributed by atoms with E-state index < -0.39 is 0 Å². The van der Waals surface area contributed by atoms with Crippen molar-refractivity contribution in [3.8, 4) is 0 Å². The summed E-state index contributed by atoms with van der Waals surface area (Å²) < 4.78 is 11.4. The zero-order valence-corrected chi connectivity index (χ0v) is 11.7. The number of likely N-dealkylation sites (N-methyl/N-ethyl adjacent to an activating group) is 1. The number of benzene rings is 1. The number of nitrogens with zero attached hydrogens (tertiary/aromatic N) is 1. The standard InChI is InChI=1S/C16H20N2O2/c1-2-17-16(14-11-19-9-10-20-14)13-7-3-5-12-6-4-8-18-15(12)13/h3-8,14,16-17H,2,9-11H2,1H3. The second-order valence-corrected chi connectivity index (χ2v) is 4.94. The molecule has 106 valence electrons. The molecule has 2 unspecified atom stereocenters. The number of aromatic nitrogens is 1. The first-order chi connectivity index (χ1) is 9.90. The van der Waals surface area contributed by atoms with Crippen LogP contribution in [0.25, 0.3) is 10.9 Å². The number of para-hydroxylation sites is 1. The Morgan fingerprint density at radius 1 is 1.30 bits per heavy atom. The molecular formula is C16H20N2O2. The molecule has 1 aromatic carbocycles. The smallest absolute Gasteiger partial charge is 0.100 e. The highest BCUT2D eigenvalue weighted by Gasteiger charge is 2.27. The van der Waals surface area contributed by atoms with Crippen LogP contribution in [0.4, 0.5) is 0 Å². The summed E-state index contributed by atoms with van der Waals surface area (Å²) in [6, 6.07) is 10.5. The third-order valence-electron chi connectivity index (χ3n) is 3.64. The number of pyridine rings is 1.